The number of carbonyl (C=O) groups excluding carboxylic acids is 1. The van der Waals surface area contributed by atoms with E-state index in [0.29, 0.717) is 46.5 Å². The zero-order valence-corrected chi connectivity index (χ0v) is 18.8. The molecule has 1 aliphatic rings. The van der Waals surface area contributed by atoms with Crippen LogP contribution in [0.1, 0.15) is 21.5 Å². The van der Waals surface area contributed by atoms with Crippen LogP contribution in [0.4, 0.5) is 0 Å². The number of Topliss-reactive ketones (excluding diaryl/α,β-unsaturated/α-hetero) is 1. The van der Waals surface area contributed by atoms with E-state index in [1.807, 2.05) is 24.3 Å². The molecule has 0 aliphatic carbocycles. The molecule has 0 amide bonds. The SMILES string of the molecule is COc1ccccc1COc1ccc2c(c1)O/C(=C\c1cc(OC)c(OC)c(OC)c1)C2=O. The van der Waals surface area contributed by atoms with Gasteiger partial charge in [-0.3, -0.25) is 4.79 Å². The van der Waals surface area contributed by atoms with Crippen molar-refractivity contribution >= 4 is 11.9 Å². The lowest BCUT2D eigenvalue weighted by Gasteiger charge is -2.13. The summed E-state index contributed by atoms with van der Waals surface area (Å²) in [5, 5.41) is 0. The summed E-state index contributed by atoms with van der Waals surface area (Å²) >= 11 is 0. The van der Waals surface area contributed by atoms with Crippen molar-refractivity contribution < 1.29 is 33.2 Å². The van der Waals surface area contributed by atoms with Crippen molar-refractivity contribution in [2.24, 2.45) is 0 Å². The third-order valence-corrected chi connectivity index (χ3v) is 5.21. The first-order valence-corrected chi connectivity index (χ1v) is 10.2. The molecule has 3 aromatic carbocycles. The Balaban J connectivity index is 1.56. The molecule has 0 N–H and O–H groups in total. The van der Waals surface area contributed by atoms with Crippen LogP contribution in [0.25, 0.3) is 6.08 Å². The lowest BCUT2D eigenvalue weighted by Crippen LogP contribution is -1.99. The van der Waals surface area contributed by atoms with E-state index in [1.165, 1.54) is 21.3 Å². The van der Waals surface area contributed by atoms with Gasteiger partial charge in [-0.15, -0.1) is 0 Å². The van der Waals surface area contributed by atoms with Crippen LogP contribution in [0.15, 0.2) is 60.4 Å². The molecule has 170 valence electrons. The molecule has 33 heavy (non-hydrogen) atoms. The van der Waals surface area contributed by atoms with E-state index in [9.17, 15) is 4.79 Å². The number of hydrogen-bond acceptors (Lipinski definition) is 7. The van der Waals surface area contributed by atoms with Crippen LogP contribution in [0.2, 0.25) is 0 Å². The molecule has 0 atom stereocenters. The normalized spacial score (nSPS) is 13.3. The predicted molar refractivity (Wildman–Crippen MR) is 123 cm³/mol. The molecule has 0 radical (unpaired) electrons. The fourth-order valence-corrected chi connectivity index (χ4v) is 3.58. The maximum absolute atomic E-state index is 12.9. The molecule has 3 aromatic rings. The smallest absolute Gasteiger partial charge is 0.231 e. The van der Waals surface area contributed by atoms with Crippen molar-refractivity contribution in [1.29, 1.82) is 0 Å². The van der Waals surface area contributed by atoms with Crippen LogP contribution in [0, 0.1) is 0 Å². The van der Waals surface area contributed by atoms with Crippen molar-refractivity contribution in [1.82, 2.24) is 0 Å². The lowest BCUT2D eigenvalue weighted by atomic mass is 10.1. The lowest BCUT2D eigenvalue weighted by molar-refractivity contribution is 0.101. The van der Waals surface area contributed by atoms with Gasteiger partial charge in [-0.1, -0.05) is 18.2 Å². The topological polar surface area (TPSA) is 72.5 Å². The number of hydrogen-bond donors (Lipinski definition) is 0. The van der Waals surface area contributed by atoms with Gasteiger partial charge in [-0.25, -0.2) is 0 Å². The Kier molecular flexibility index (Phi) is 6.40. The van der Waals surface area contributed by atoms with Crippen molar-refractivity contribution in [3.05, 3.63) is 77.0 Å². The number of ether oxygens (including phenoxy) is 6. The van der Waals surface area contributed by atoms with Gasteiger partial charge in [0.25, 0.3) is 0 Å². The molecule has 0 unspecified atom stereocenters. The Hall–Kier alpha value is -4.13. The molecular weight excluding hydrogens is 424 g/mol. The van der Waals surface area contributed by atoms with Crippen LogP contribution in [0.5, 0.6) is 34.5 Å². The first kappa shape index (κ1) is 22.1. The number of rotatable bonds is 8. The minimum absolute atomic E-state index is 0.196. The quantitative estimate of drug-likeness (QED) is 0.453. The second-order valence-electron chi connectivity index (χ2n) is 7.16. The zero-order valence-electron chi connectivity index (χ0n) is 18.8. The summed E-state index contributed by atoms with van der Waals surface area (Å²) in [7, 11) is 6.23. The van der Waals surface area contributed by atoms with Gasteiger partial charge < -0.3 is 28.4 Å². The monoisotopic (exact) mass is 448 g/mol. The third-order valence-electron chi connectivity index (χ3n) is 5.21. The summed E-state index contributed by atoms with van der Waals surface area (Å²) < 4.78 is 33.2. The summed E-state index contributed by atoms with van der Waals surface area (Å²) in [4.78, 5) is 12.9. The van der Waals surface area contributed by atoms with E-state index in [0.717, 1.165) is 11.3 Å². The van der Waals surface area contributed by atoms with Gasteiger partial charge >= 0.3 is 0 Å². The number of para-hydroxylation sites is 1. The van der Waals surface area contributed by atoms with Crippen molar-refractivity contribution in [3.8, 4) is 34.5 Å². The van der Waals surface area contributed by atoms with Gasteiger partial charge in [0.15, 0.2) is 17.3 Å². The predicted octanol–water partition coefficient (Wildman–Crippen LogP) is 4.92. The molecule has 0 bridgehead atoms. The molecule has 0 saturated heterocycles. The van der Waals surface area contributed by atoms with E-state index >= 15 is 0 Å². The zero-order chi connectivity index (χ0) is 23.4. The molecule has 4 rings (SSSR count). The number of benzene rings is 3. The molecule has 0 spiro atoms. The first-order valence-electron chi connectivity index (χ1n) is 10.2. The molecule has 0 fully saturated rings. The summed E-state index contributed by atoms with van der Waals surface area (Å²) in [5.41, 5.74) is 2.06. The van der Waals surface area contributed by atoms with Crippen molar-refractivity contribution in [2.45, 2.75) is 6.61 Å². The Labute approximate surface area is 192 Å². The van der Waals surface area contributed by atoms with Crippen LogP contribution < -0.4 is 28.4 Å². The van der Waals surface area contributed by atoms with Crippen LogP contribution >= 0.6 is 0 Å². The van der Waals surface area contributed by atoms with E-state index in [4.69, 9.17) is 28.4 Å². The highest BCUT2D eigenvalue weighted by atomic mass is 16.5. The number of carbonyl (C=O) groups is 1. The second kappa shape index (κ2) is 9.56. The van der Waals surface area contributed by atoms with Crippen molar-refractivity contribution in [2.75, 3.05) is 28.4 Å². The van der Waals surface area contributed by atoms with Gasteiger partial charge in [-0.2, -0.15) is 0 Å². The molecule has 7 nitrogen and oxygen atoms in total. The molecule has 0 saturated carbocycles. The summed E-state index contributed by atoms with van der Waals surface area (Å²) in [5.74, 6) is 3.20. The van der Waals surface area contributed by atoms with Crippen LogP contribution in [0.3, 0.4) is 0 Å². The van der Waals surface area contributed by atoms with Gasteiger partial charge in [0.05, 0.1) is 34.0 Å². The average molecular weight is 448 g/mol. The average Bonchev–Trinajstić information content (AvgIpc) is 3.16. The molecule has 1 aliphatic heterocycles. The Morgan fingerprint density at radius 2 is 1.52 bits per heavy atom. The maximum Gasteiger partial charge on any atom is 0.231 e. The minimum Gasteiger partial charge on any atom is -0.496 e. The summed E-state index contributed by atoms with van der Waals surface area (Å²) in [6.07, 6.45) is 1.64. The Morgan fingerprint density at radius 3 is 2.18 bits per heavy atom. The Bertz CT molecular complexity index is 1190. The fourth-order valence-electron chi connectivity index (χ4n) is 3.58. The van der Waals surface area contributed by atoms with Gasteiger partial charge in [0.1, 0.15) is 23.9 Å². The highest BCUT2D eigenvalue weighted by molar-refractivity contribution is 6.14. The van der Waals surface area contributed by atoms with Gasteiger partial charge in [0.2, 0.25) is 11.5 Å². The highest BCUT2D eigenvalue weighted by Crippen LogP contribution is 2.40. The largest absolute Gasteiger partial charge is 0.496 e. The fraction of sp³-hybridized carbons (Fsp3) is 0.192. The Morgan fingerprint density at radius 1 is 0.818 bits per heavy atom. The second-order valence-corrected chi connectivity index (χ2v) is 7.16. The van der Waals surface area contributed by atoms with E-state index < -0.39 is 0 Å². The number of methoxy groups -OCH3 is 4. The minimum atomic E-state index is -0.213. The molecular formula is C26H24O7. The van der Waals surface area contributed by atoms with E-state index in [-0.39, 0.29) is 11.5 Å². The molecule has 0 aromatic heterocycles. The number of fused-ring (bicyclic) bond motifs is 1. The third kappa shape index (κ3) is 4.43. The first-order chi connectivity index (χ1) is 16.1. The standard InChI is InChI=1S/C26H24O7/c1-28-20-8-6-5-7-17(20)15-32-18-9-10-19-21(14-18)33-22(25(19)27)11-16-12-23(29-2)26(31-4)24(13-16)30-3/h5-14H,15H2,1-4H3/b22-11-. The van der Waals surface area contributed by atoms with E-state index in [1.54, 1.807) is 43.5 Å². The van der Waals surface area contributed by atoms with Crippen molar-refractivity contribution in [3.63, 3.8) is 0 Å². The van der Waals surface area contributed by atoms with Gasteiger partial charge in [0, 0.05) is 11.6 Å². The summed E-state index contributed by atoms with van der Waals surface area (Å²) in [6, 6.07) is 16.3. The van der Waals surface area contributed by atoms with Crippen LogP contribution in [-0.4, -0.2) is 34.2 Å². The summed E-state index contributed by atoms with van der Waals surface area (Å²) in [6.45, 7) is 0.324. The van der Waals surface area contributed by atoms with E-state index in [2.05, 4.69) is 0 Å². The molecule has 1 heterocycles. The van der Waals surface area contributed by atoms with Crippen LogP contribution in [-0.2, 0) is 6.61 Å². The number of ketones is 1. The maximum atomic E-state index is 12.9. The highest BCUT2D eigenvalue weighted by Gasteiger charge is 2.28. The number of allylic oxidation sites excluding steroid dienone is 1. The van der Waals surface area contributed by atoms with Gasteiger partial charge in [-0.05, 0) is 42.0 Å². The molecule has 7 heteroatoms.